The molecule has 4 rings (SSSR count). The van der Waals surface area contributed by atoms with Gasteiger partial charge in [-0.05, 0) is 43.2 Å². The Bertz CT molecular complexity index is 931. The smallest absolute Gasteiger partial charge is 0.337 e. The van der Waals surface area contributed by atoms with E-state index < -0.39 is 0 Å². The fourth-order valence-electron chi connectivity index (χ4n) is 3.24. The fraction of sp³-hybridized carbons (Fsp3) is 0.316. The van der Waals surface area contributed by atoms with Crippen molar-refractivity contribution in [2.75, 3.05) is 12.4 Å². The Morgan fingerprint density at radius 3 is 2.67 bits per heavy atom. The molecule has 0 amide bonds. The van der Waals surface area contributed by atoms with Crippen LogP contribution in [0.1, 0.15) is 42.1 Å². The molecule has 3 aromatic rings. The van der Waals surface area contributed by atoms with Gasteiger partial charge in [-0.2, -0.15) is 0 Å². The number of rotatable bonds is 5. The predicted octanol–water partition coefficient (Wildman–Crippen LogP) is 3.38. The van der Waals surface area contributed by atoms with Crippen molar-refractivity contribution in [1.29, 1.82) is 0 Å². The van der Waals surface area contributed by atoms with Crippen LogP contribution in [0, 0.1) is 0 Å². The Hall–Kier alpha value is -3.29. The summed E-state index contributed by atoms with van der Waals surface area (Å²) in [6.07, 6.45) is 8.43. The number of anilines is 2. The second kappa shape index (κ2) is 7.53. The lowest BCUT2D eigenvalue weighted by Gasteiger charge is -2.07. The van der Waals surface area contributed by atoms with Gasteiger partial charge in [0.05, 0.1) is 30.6 Å². The third-order valence-electron chi connectivity index (χ3n) is 4.69. The van der Waals surface area contributed by atoms with Crippen LogP contribution in [0.15, 0.2) is 42.7 Å². The molecule has 1 N–H and O–H groups in total. The second-order valence-corrected chi connectivity index (χ2v) is 6.48. The van der Waals surface area contributed by atoms with E-state index in [-0.39, 0.29) is 5.97 Å². The molecule has 8 nitrogen and oxygen atoms in total. The van der Waals surface area contributed by atoms with E-state index in [0.717, 1.165) is 24.2 Å². The molecule has 1 saturated carbocycles. The van der Waals surface area contributed by atoms with E-state index in [1.807, 2.05) is 16.9 Å². The van der Waals surface area contributed by atoms with E-state index in [1.54, 1.807) is 30.5 Å². The van der Waals surface area contributed by atoms with E-state index in [2.05, 4.69) is 25.6 Å². The quantitative estimate of drug-likeness (QED) is 0.693. The maximum absolute atomic E-state index is 11.5. The van der Waals surface area contributed by atoms with Gasteiger partial charge >= 0.3 is 5.97 Å². The van der Waals surface area contributed by atoms with Gasteiger partial charge < -0.3 is 10.1 Å². The average molecular weight is 364 g/mol. The molecule has 2 heterocycles. The summed E-state index contributed by atoms with van der Waals surface area (Å²) in [5.74, 6) is 0.0823. The van der Waals surface area contributed by atoms with Gasteiger partial charge in [-0.15, -0.1) is 5.10 Å². The first-order valence-electron chi connectivity index (χ1n) is 8.93. The molecular weight excluding hydrogens is 344 g/mol. The number of carbonyl (C=O) groups excluding carboxylic acids is 1. The van der Waals surface area contributed by atoms with Crippen molar-refractivity contribution in [3.05, 3.63) is 48.3 Å². The highest BCUT2D eigenvalue weighted by molar-refractivity contribution is 5.89. The van der Waals surface area contributed by atoms with Crippen molar-refractivity contribution in [3.63, 3.8) is 0 Å². The number of aromatic nitrogens is 5. The lowest BCUT2D eigenvalue weighted by atomic mass is 10.2. The Kier molecular flexibility index (Phi) is 4.78. The van der Waals surface area contributed by atoms with Gasteiger partial charge in [0, 0.05) is 11.9 Å². The third-order valence-corrected chi connectivity index (χ3v) is 4.69. The molecule has 0 unspecified atom stereocenters. The molecule has 0 aliphatic heterocycles. The van der Waals surface area contributed by atoms with Crippen LogP contribution in [-0.2, 0) is 4.74 Å². The monoisotopic (exact) mass is 364 g/mol. The first-order valence-corrected chi connectivity index (χ1v) is 8.93. The van der Waals surface area contributed by atoms with Crippen LogP contribution >= 0.6 is 0 Å². The SMILES string of the molecule is COC(=O)c1ccc(Nc2nccc(-c3cn(C4CCCC4)nn3)n2)cc1. The fourth-order valence-corrected chi connectivity index (χ4v) is 3.24. The van der Waals surface area contributed by atoms with Gasteiger partial charge in [0.1, 0.15) is 5.69 Å². The first kappa shape index (κ1) is 17.1. The summed E-state index contributed by atoms with van der Waals surface area (Å²) in [5, 5.41) is 11.7. The van der Waals surface area contributed by atoms with Gasteiger partial charge in [-0.25, -0.2) is 19.4 Å². The molecule has 1 aromatic carbocycles. The molecule has 2 aromatic heterocycles. The molecule has 0 spiro atoms. The van der Waals surface area contributed by atoms with Crippen LogP contribution < -0.4 is 5.32 Å². The van der Waals surface area contributed by atoms with Crippen molar-refractivity contribution < 1.29 is 9.53 Å². The number of esters is 1. The van der Waals surface area contributed by atoms with Gasteiger partial charge in [0.2, 0.25) is 5.95 Å². The zero-order chi connectivity index (χ0) is 18.6. The molecule has 1 aliphatic rings. The summed E-state index contributed by atoms with van der Waals surface area (Å²) in [5.41, 5.74) is 2.70. The molecule has 8 heteroatoms. The number of carbonyl (C=O) groups is 1. The van der Waals surface area contributed by atoms with Crippen molar-refractivity contribution >= 4 is 17.6 Å². The van der Waals surface area contributed by atoms with Crippen LogP contribution in [0.25, 0.3) is 11.4 Å². The van der Waals surface area contributed by atoms with Gasteiger partial charge in [0.15, 0.2) is 0 Å². The number of nitrogens with one attached hydrogen (secondary N) is 1. The highest BCUT2D eigenvalue weighted by Crippen LogP contribution is 2.29. The van der Waals surface area contributed by atoms with E-state index in [9.17, 15) is 4.79 Å². The van der Waals surface area contributed by atoms with E-state index in [1.165, 1.54) is 20.0 Å². The standard InChI is InChI=1S/C19H20N6O2/c1-27-18(26)13-6-8-14(9-7-13)21-19-20-11-10-16(22-19)17-12-25(24-23-17)15-4-2-3-5-15/h6-12,15H,2-5H2,1H3,(H,20,21,22). The molecule has 0 bridgehead atoms. The second-order valence-electron chi connectivity index (χ2n) is 6.48. The molecule has 1 fully saturated rings. The van der Waals surface area contributed by atoms with Crippen molar-refractivity contribution in [2.24, 2.45) is 0 Å². The first-order chi connectivity index (χ1) is 13.2. The summed E-state index contributed by atoms with van der Waals surface area (Å²) < 4.78 is 6.65. The minimum absolute atomic E-state index is 0.370. The number of hydrogen-bond donors (Lipinski definition) is 1. The van der Waals surface area contributed by atoms with Gasteiger partial charge in [-0.1, -0.05) is 18.1 Å². The molecule has 27 heavy (non-hydrogen) atoms. The number of methoxy groups -OCH3 is 1. The number of benzene rings is 1. The van der Waals surface area contributed by atoms with Gasteiger partial charge in [-0.3, -0.25) is 0 Å². The predicted molar refractivity (Wildman–Crippen MR) is 99.6 cm³/mol. The molecular formula is C19H20N6O2. The maximum atomic E-state index is 11.5. The van der Waals surface area contributed by atoms with Crippen LogP contribution in [0.2, 0.25) is 0 Å². The largest absolute Gasteiger partial charge is 0.465 e. The van der Waals surface area contributed by atoms with Crippen LogP contribution in [0.4, 0.5) is 11.6 Å². The van der Waals surface area contributed by atoms with Crippen molar-refractivity contribution in [3.8, 4) is 11.4 Å². The third kappa shape index (κ3) is 3.79. The van der Waals surface area contributed by atoms with E-state index in [4.69, 9.17) is 4.74 Å². The summed E-state index contributed by atoms with van der Waals surface area (Å²) >= 11 is 0. The number of nitrogens with zero attached hydrogens (tertiary/aromatic N) is 5. The normalized spacial score (nSPS) is 14.3. The van der Waals surface area contributed by atoms with E-state index >= 15 is 0 Å². The minimum atomic E-state index is -0.370. The average Bonchev–Trinajstić information content (AvgIpc) is 3.40. The van der Waals surface area contributed by atoms with E-state index in [0.29, 0.717) is 23.2 Å². The van der Waals surface area contributed by atoms with Crippen LogP contribution in [0.3, 0.4) is 0 Å². The highest BCUT2D eigenvalue weighted by Gasteiger charge is 2.19. The van der Waals surface area contributed by atoms with Crippen LogP contribution in [-0.4, -0.2) is 38.0 Å². The summed E-state index contributed by atoms with van der Waals surface area (Å²) in [7, 11) is 1.36. The highest BCUT2D eigenvalue weighted by atomic mass is 16.5. The molecule has 0 atom stereocenters. The Morgan fingerprint density at radius 2 is 1.93 bits per heavy atom. The number of ether oxygens (including phenoxy) is 1. The Balaban J connectivity index is 1.50. The molecule has 0 saturated heterocycles. The van der Waals surface area contributed by atoms with Crippen molar-refractivity contribution in [1.82, 2.24) is 25.0 Å². The Labute approximate surface area is 156 Å². The lowest BCUT2D eigenvalue weighted by Crippen LogP contribution is -2.04. The summed E-state index contributed by atoms with van der Waals surface area (Å²) in [6, 6.07) is 9.18. The molecule has 0 radical (unpaired) electrons. The van der Waals surface area contributed by atoms with Crippen molar-refractivity contribution in [2.45, 2.75) is 31.7 Å². The van der Waals surface area contributed by atoms with Gasteiger partial charge in [0.25, 0.3) is 0 Å². The maximum Gasteiger partial charge on any atom is 0.337 e. The summed E-state index contributed by atoms with van der Waals surface area (Å²) in [4.78, 5) is 20.3. The molecule has 1 aliphatic carbocycles. The zero-order valence-corrected chi connectivity index (χ0v) is 15.0. The summed E-state index contributed by atoms with van der Waals surface area (Å²) in [6.45, 7) is 0. The van der Waals surface area contributed by atoms with Crippen LogP contribution in [0.5, 0.6) is 0 Å². The Morgan fingerprint density at radius 1 is 1.15 bits per heavy atom. The molecule has 138 valence electrons. The lowest BCUT2D eigenvalue weighted by molar-refractivity contribution is 0.0601. The minimum Gasteiger partial charge on any atom is -0.465 e. The number of hydrogen-bond acceptors (Lipinski definition) is 7. The zero-order valence-electron chi connectivity index (χ0n) is 15.0. The topological polar surface area (TPSA) is 94.8 Å².